The first-order valence-electron chi connectivity index (χ1n) is 6.70. The molecule has 106 valence electrons. The van der Waals surface area contributed by atoms with Gasteiger partial charge in [-0.2, -0.15) is 0 Å². The topological polar surface area (TPSA) is 46.2 Å². The fourth-order valence-corrected chi connectivity index (χ4v) is 3.73. The molecule has 3 nitrogen and oxygen atoms in total. The van der Waals surface area contributed by atoms with Crippen LogP contribution < -0.4 is 5.32 Å². The highest BCUT2D eigenvalue weighted by atomic mass is 79.9. The quantitative estimate of drug-likeness (QED) is 0.862. The smallest absolute Gasteiger partial charge is 0.151 e. The summed E-state index contributed by atoms with van der Waals surface area (Å²) in [4.78, 5) is 0. The van der Waals surface area contributed by atoms with E-state index in [0.29, 0.717) is 18.5 Å². The first kappa shape index (κ1) is 15.0. The van der Waals surface area contributed by atoms with Crippen molar-refractivity contribution in [1.29, 1.82) is 0 Å². The lowest BCUT2D eigenvalue weighted by Crippen LogP contribution is -2.42. The Hall–Kier alpha value is -0.390. The first-order chi connectivity index (χ1) is 9.02. The zero-order chi connectivity index (χ0) is 13.9. The molecule has 1 aromatic carbocycles. The maximum Gasteiger partial charge on any atom is 0.151 e. The van der Waals surface area contributed by atoms with Gasteiger partial charge in [0.05, 0.1) is 5.75 Å². The van der Waals surface area contributed by atoms with Gasteiger partial charge in [0.1, 0.15) is 0 Å². The van der Waals surface area contributed by atoms with Crippen LogP contribution in [0, 0.1) is 0 Å². The number of sulfone groups is 1. The lowest BCUT2D eigenvalue weighted by Gasteiger charge is -2.37. The molecule has 1 N–H and O–H groups in total. The highest BCUT2D eigenvalue weighted by Gasteiger charge is 2.30. The normalized spacial score (nSPS) is 23.1. The minimum Gasteiger partial charge on any atom is -0.313 e. The molecule has 1 aliphatic rings. The third kappa shape index (κ3) is 4.04. The zero-order valence-corrected chi connectivity index (χ0v) is 13.5. The lowest BCUT2D eigenvalue weighted by molar-refractivity contribution is 0.295. The third-order valence-corrected chi connectivity index (χ3v) is 6.20. The van der Waals surface area contributed by atoms with Crippen molar-refractivity contribution in [2.75, 3.05) is 18.1 Å². The molecule has 1 fully saturated rings. The number of nitrogens with one attached hydrogen (secondary N) is 1. The van der Waals surface area contributed by atoms with Crippen molar-refractivity contribution in [3.05, 3.63) is 34.3 Å². The molecule has 1 aliphatic carbocycles. The third-order valence-electron chi connectivity index (χ3n) is 3.77. The van der Waals surface area contributed by atoms with E-state index in [2.05, 4.69) is 39.4 Å². The minimum atomic E-state index is -2.84. The molecule has 0 radical (unpaired) electrons. The van der Waals surface area contributed by atoms with Gasteiger partial charge in [-0.15, -0.1) is 0 Å². The first-order valence-corrected chi connectivity index (χ1v) is 9.31. The maximum atomic E-state index is 11.4. The zero-order valence-electron chi connectivity index (χ0n) is 11.1. The molecule has 1 aromatic rings. The Morgan fingerprint density at radius 1 is 1.32 bits per heavy atom. The summed E-state index contributed by atoms with van der Waals surface area (Å²) >= 11 is 3.58. The van der Waals surface area contributed by atoms with Gasteiger partial charge >= 0.3 is 0 Å². The largest absolute Gasteiger partial charge is 0.313 e. The molecule has 0 heterocycles. The monoisotopic (exact) mass is 345 g/mol. The van der Waals surface area contributed by atoms with Crippen molar-refractivity contribution < 1.29 is 8.42 Å². The van der Waals surface area contributed by atoms with Crippen molar-refractivity contribution in [3.63, 3.8) is 0 Å². The summed E-state index contributed by atoms with van der Waals surface area (Å²) in [5.41, 5.74) is 1.36. The second kappa shape index (κ2) is 6.37. The van der Waals surface area contributed by atoms with E-state index in [9.17, 15) is 8.42 Å². The van der Waals surface area contributed by atoms with Crippen molar-refractivity contribution >= 4 is 25.8 Å². The predicted molar refractivity (Wildman–Crippen MR) is 82.2 cm³/mol. The molecule has 5 heteroatoms. The van der Waals surface area contributed by atoms with Crippen molar-refractivity contribution in [3.8, 4) is 0 Å². The molecule has 19 heavy (non-hydrogen) atoms. The van der Waals surface area contributed by atoms with Crippen LogP contribution in [-0.2, 0) is 9.84 Å². The van der Waals surface area contributed by atoms with Crippen molar-refractivity contribution in [1.82, 2.24) is 5.32 Å². The average Bonchev–Trinajstić information content (AvgIpc) is 2.33. The molecule has 0 bridgehead atoms. The number of hydrogen-bond donors (Lipinski definition) is 1. The summed E-state index contributed by atoms with van der Waals surface area (Å²) in [6.07, 6.45) is 2.18. The summed E-state index contributed by atoms with van der Waals surface area (Å²) in [6, 6.07) is 8.78. The standard InChI is InChI=1S/C14H20BrNO2S/c1-2-19(17,18)8-7-16-12-9-11(10-12)13-5-3-4-6-14(13)15/h3-6,11-12,16H,2,7-10H2,1H3. The fraction of sp³-hybridized carbons (Fsp3) is 0.571. The Balaban J connectivity index is 1.74. The molecule has 0 atom stereocenters. The summed E-state index contributed by atoms with van der Waals surface area (Å²) in [5.74, 6) is 1.08. The number of rotatable bonds is 6. The average molecular weight is 346 g/mol. The van der Waals surface area contributed by atoms with Crippen LogP contribution in [0.3, 0.4) is 0 Å². The van der Waals surface area contributed by atoms with Gasteiger partial charge in [0.15, 0.2) is 9.84 Å². The maximum absolute atomic E-state index is 11.4. The van der Waals surface area contributed by atoms with Gasteiger partial charge in [-0.3, -0.25) is 0 Å². The molecular formula is C14H20BrNO2S. The SMILES string of the molecule is CCS(=O)(=O)CCNC1CC(c2ccccc2Br)C1. The van der Waals surface area contributed by atoms with Gasteiger partial charge in [-0.1, -0.05) is 41.1 Å². The minimum absolute atomic E-state index is 0.235. The fourth-order valence-electron chi connectivity index (χ4n) is 2.41. The van der Waals surface area contributed by atoms with E-state index in [0.717, 1.165) is 12.8 Å². The molecule has 0 spiro atoms. The van der Waals surface area contributed by atoms with Gasteiger partial charge in [-0.25, -0.2) is 8.42 Å². The second-order valence-electron chi connectivity index (χ2n) is 5.08. The van der Waals surface area contributed by atoms with Gasteiger partial charge in [0.25, 0.3) is 0 Å². The van der Waals surface area contributed by atoms with Crippen molar-refractivity contribution in [2.24, 2.45) is 0 Å². The Labute approximate surface area is 123 Å². The molecule has 1 saturated carbocycles. The van der Waals surface area contributed by atoms with Gasteiger partial charge in [-0.05, 0) is 30.4 Å². The molecule has 2 rings (SSSR count). The molecule has 0 aliphatic heterocycles. The predicted octanol–water partition coefficient (Wildman–Crippen LogP) is 2.72. The Morgan fingerprint density at radius 2 is 2.00 bits per heavy atom. The summed E-state index contributed by atoms with van der Waals surface area (Å²) in [6.45, 7) is 2.27. The van der Waals surface area contributed by atoms with Crippen LogP contribution in [0.2, 0.25) is 0 Å². The summed E-state index contributed by atoms with van der Waals surface area (Å²) < 4.78 is 23.9. The van der Waals surface area contributed by atoms with E-state index in [4.69, 9.17) is 0 Å². The number of hydrogen-bond acceptors (Lipinski definition) is 3. The van der Waals surface area contributed by atoms with Gasteiger partial charge in [0.2, 0.25) is 0 Å². The lowest BCUT2D eigenvalue weighted by atomic mass is 9.76. The van der Waals surface area contributed by atoms with E-state index < -0.39 is 9.84 Å². The summed E-state index contributed by atoms with van der Waals surface area (Å²) in [7, 11) is -2.84. The molecule has 0 saturated heterocycles. The molecule has 0 amide bonds. The molecule has 0 unspecified atom stereocenters. The van der Waals surface area contributed by atoms with E-state index in [1.165, 1.54) is 10.0 Å². The second-order valence-corrected chi connectivity index (χ2v) is 8.40. The Morgan fingerprint density at radius 3 is 2.63 bits per heavy atom. The van der Waals surface area contributed by atoms with Gasteiger partial charge in [0, 0.05) is 22.8 Å². The van der Waals surface area contributed by atoms with E-state index in [-0.39, 0.29) is 11.5 Å². The molecule has 0 aromatic heterocycles. The van der Waals surface area contributed by atoms with Crippen LogP contribution in [0.4, 0.5) is 0 Å². The highest BCUT2D eigenvalue weighted by molar-refractivity contribution is 9.10. The van der Waals surface area contributed by atoms with E-state index >= 15 is 0 Å². The summed E-state index contributed by atoms with van der Waals surface area (Å²) in [5, 5.41) is 3.33. The number of benzene rings is 1. The Kier molecular flexibility index (Phi) is 5.03. The highest BCUT2D eigenvalue weighted by Crippen LogP contribution is 2.39. The van der Waals surface area contributed by atoms with Crippen LogP contribution in [0.15, 0.2) is 28.7 Å². The van der Waals surface area contributed by atoms with Crippen LogP contribution >= 0.6 is 15.9 Å². The van der Waals surface area contributed by atoms with Crippen LogP contribution in [-0.4, -0.2) is 32.5 Å². The van der Waals surface area contributed by atoms with Crippen LogP contribution in [0.1, 0.15) is 31.2 Å². The van der Waals surface area contributed by atoms with Gasteiger partial charge < -0.3 is 5.32 Å². The molecular weight excluding hydrogens is 326 g/mol. The number of halogens is 1. The van der Waals surface area contributed by atoms with Crippen LogP contribution in [0.5, 0.6) is 0 Å². The Bertz CT molecular complexity index is 524. The van der Waals surface area contributed by atoms with E-state index in [1.54, 1.807) is 6.92 Å². The van der Waals surface area contributed by atoms with Crippen molar-refractivity contribution in [2.45, 2.75) is 31.7 Å². The van der Waals surface area contributed by atoms with E-state index in [1.807, 2.05) is 6.07 Å². The van der Waals surface area contributed by atoms with Crippen LogP contribution in [0.25, 0.3) is 0 Å².